The molecular weight excluding hydrogens is 282 g/mol. The lowest BCUT2D eigenvalue weighted by atomic mass is 10.1. The maximum Gasteiger partial charge on any atom is 0.252 e. The number of rotatable bonds is 6. The van der Waals surface area contributed by atoms with E-state index in [1.165, 1.54) is 0 Å². The van der Waals surface area contributed by atoms with Gasteiger partial charge in [0.15, 0.2) is 0 Å². The largest absolute Gasteiger partial charge is 0.391 e. The van der Waals surface area contributed by atoms with Gasteiger partial charge in [-0.2, -0.15) is 0 Å². The molecule has 1 aromatic rings. The summed E-state index contributed by atoms with van der Waals surface area (Å²) < 4.78 is 0. The fourth-order valence-corrected chi connectivity index (χ4v) is 2.38. The molecule has 0 aliphatic heterocycles. The first-order valence-corrected chi connectivity index (χ1v) is 7.84. The van der Waals surface area contributed by atoms with Crippen molar-refractivity contribution in [1.29, 1.82) is 0 Å². The second-order valence-corrected chi connectivity index (χ2v) is 6.13. The third kappa shape index (κ3) is 5.43. The second-order valence-electron chi connectivity index (χ2n) is 4.84. The van der Waals surface area contributed by atoms with Gasteiger partial charge >= 0.3 is 0 Å². The summed E-state index contributed by atoms with van der Waals surface area (Å²) in [7, 11) is 0. The highest BCUT2D eigenvalue weighted by atomic mass is 35.5. The molecule has 0 saturated heterocycles. The van der Waals surface area contributed by atoms with E-state index in [1.807, 2.05) is 26.2 Å². The highest BCUT2D eigenvalue weighted by molar-refractivity contribution is 7.98. The molecule has 0 radical (unpaired) electrons. The van der Waals surface area contributed by atoms with Gasteiger partial charge in [-0.1, -0.05) is 25.4 Å². The quantitative estimate of drug-likeness (QED) is 0.793. The molecule has 0 aliphatic carbocycles. The molecule has 0 spiro atoms. The summed E-state index contributed by atoms with van der Waals surface area (Å²) in [6.45, 7) is 4.31. The Morgan fingerprint density at radius 2 is 2.16 bits per heavy atom. The van der Waals surface area contributed by atoms with E-state index in [9.17, 15) is 9.90 Å². The number of hydrogen-bond acceptors (Lipinski definition) is 3. The van der Waals surface area contributed by atoms with Crippen LogP contribution in [0.25, 0.3) is 0 Å². The topological polar surface area (TPSA) is 49.3 Å². The number of hydrogen-bond donors (Lipinski definition) is 2. The normalized spacial score (nSPS) is 12.5. The van der Waals surface area contributed by atoms with E-state index in [2.05, 4.69) is 5.32 Å². The van der Waals surface area contributed by atoms with E-state index in [0.717, 1.165) is 4.90 Å². The fraction of sp³-hybridized carbons (Fsp3) is 0.500. The first kappa shape index (κ1) is 16.3. The molecule has 0 fully saturated rings. The third-order valence-electron chi connectivity index (χ3n) is 2.66. The molecule has 5 heteroatoms. The average Bonchev–Trinajstić information content (AvgIpc) is 2.35. The highest BCUT2D eigenvalue weighted by Gasteiger charge is 2.13. The van der Waals surface area contributed by atoms with Crippen LogP contribution in [0.5, 0.6) is 0 Å². The fourth-order valence-electron chi connectivity index (χ4n) is 1.74. The van der Waals surface area contributed by atoms with Crippen LogP contribution < -0.4 is 5.32 Å². The number of halogens is 1. The Balaban J connectivity index is 2.63. The van der Waals surface area contributed by atoms with Crippen LogP contribution in [0.3, 0.4) is 0 Å². The summed E-state index contributed by atoms with van der Waals surface area (Å²) in [6.07, 6.45) is 2.09. The van der Waals surface area contributed by atoms with Gasteiger partial charge in [-0.3, -0.25) is 4.79 Å². The minimum atomic E-state index is -0.522. The van der Waals surface area contributed by atoms with Crippen LogP contribution >= 0.6 is 23.4 Å². The molecule has 1 aromatic carbocycles. The van der Waals surface area contributed by atoms with Crippen molar-refractivity contribution < 1.29 is 9.90 Å². The molecule has 1 amide bonds. The molecule has 0 heterocycles. The monoisotopic (exact) mass is 301 g/mol. The predicted octanol–water partition coefficient (Wildman–Crippen LogP) is 3.20. The van der Waals surface area contributed by atoms with E-state index < -0.39 is 6.10 Å². The van der Waals surface area contributed by atoms with Crippen molar-refractivity contribution in [2.24, 2.45) is 5.92 Å². The zero-order valence-corrected chi connectivity index (χ0v) is 13.0. The Kier molecular flexibility index (Phi) is 6.69. The van der Waals surface area contributed by atoms with Gasteiger partial charge in [-0.15, -0.1) is 11.8 Å². The van der Waals surface area contributed by atoms with Gasteiger partial charge in [0.1, 0.15) is 0 Å². The van der Waals surface area contributed by atoms with E-state index >= 15 is 0 Å². The van der Waals surface area contributed by atoms with Crippen LogP contribution in [0.4, 0.5) is 0 Å². The van der Waals surface area contributed by atoms with Crippen molar-refractivity contribution in [2.75, 3.05) is 12.8 Å². The van der Waals surface area contributed by atoms with Gasteiger partial charge < -0.3 is 10.4 Å². The summed E-state index contributed by atoms with van der Waals surface area (Å²) in [5.41, 5.74) is 0.449. The molecule has 1 rings (SSSR count). The maximum atomic E-state index is 12.0. The Morgan fingerprint density at radius 3 is 2.74 bits per heavy atom. The number of aliphatic hydroxyl groups excluding tert-OH is 1. The lowest BCUT2D eigenvalue weighted by molar-refractivity contribution is 0.0900. The number of carbonyl (C=O) groups is 1. The Labute approximate surface area is 123 Å². The molecule has 0 saturated carbocycles. The second kappa shape index (κ2) is 7.78. The molecule has 1 unspecified atom stereocenters. The Bertz CT molecular complexity index is 437. The highest BCUT2D eigenvalue weighted by Crippen LogP contribution is 2.22. The lowest BCUT2D eigenvalue weighted by Crippen LogP contribution is -2.32. The first-order chi connectivity index (χ1) is 8.93. The van der Waals surface area contributed by atoms with Crippen molar-refractivity contribution in [3.63, 3.8) is 0 Å². The average molecular weight is 302 g/mol. The van der Waals surface area contributed by atoms with Crippen molar-refractivity contribution >= 4 is 29.3 Å². The minimum Gasteiger partial charge on any atom is -0.391 e. The molecule has 1 atom stereocenters. The Morgan fingerprint density at radius 1 is 1.47 bits per heavy atom. The van der Waals surface area contributed by atoms with Gasteiger partial charge in [0, 0.05) is 11.4 Å². The molecule has 106 valence electrons. The van der Waals surface area contributed by atoms with Crippen LogP contribution in [-0.4, -0.2) is 29.9 Å². The number of carbonyl (C=O) groups excluding carboxylic acids is 1. The molecule has 0 bridgehead atoms. The third-order valence-corrected chi connectivity index (χ3v) is 3.71. The predicted molar refractivity (Wildman–Crippen MR) is 81.0 cm³/mol. The van der Waals surface area contributed by atoms with Gasteiger partial charge in [-0.05, 0) is 36.8 Å². The van der Waals surface area contributed by atoms with Crippen LogP contribution in [0.1, 0.15) is 30.6 Å². The zero-order valence-electron chi connectivity index (χ0n) is 11.4. The maximum absolute atomic E-state index is 12.0. The van der Waals surface area contributed by atoms with Gasteiger partial charge in [0.25, 0.3) is 5.91 Å². The van der Waals surface area contributed by atoms with Crippen LogP contribution in [0, 0.1) is 5.92 Å². The minimum absolute atomic E-state index is 0.247. The van der Waals surface area contributed by atoms with Crippen LogP contribution in [-0.2, 0) is 0 Å². The smallest absolute Gasteiger partial charge is 0.252 e. The number of thioether (sulfide) groups is 1. The summed E-state index contributed by atoms with van der Waals surface area (Å²) in [6, 6.07) is 5.35. The lowest BCUT2D eigenvalue weighted by Gasteiger charge is -2.14. The van der Waals surface area contributed by atoms with Crippen LogP contribution in [0.15, 0.2) is 23.1 Å². The standard InChI is InChI=1S/C14H20ClNO2S/c1-9(2)6-10(17)8-16-14(18)12-7-11(19-3)4-5-13(12)15/h4-5,7,9-10,17H,6,8H2,1-3H3,(H,16,18). The Hall–Kier alpha value is -0.710. The summed E-state index contributed by atoms with van der Waals surface area (Å²) in [5.74, 6) is 0.152. The molecule has 0 aromatic heterocycles. The molecule has 3 nitrogen and oxygen atoms in total. The zero-order chi connectivity index (χ0) is 14.4. The summed E-state index contributed by atoms with van der Waals surface area (Å²) in [4.78, 5) is 13.0. The first-order valence-electron chi connectivity index (χ1n) is 6.23. The van der Waals surface area contributed by atoms with E-state index in [1.54, 1.807) is 23.9 Å². The van der Waals surface area contributed by atoms with Crippen molar-refractivity contribution in [1.82, 2.24) is 5.32 Å². The van der Waals surface area contributed by atoms with Gasteiger partial charge in [-0.25, -0.2) is 0 Å². The molecule has 19 heavy (non-hydrogen) atoms. The van der Waals surface area contributed by atoms with E-state index in [-0.39, 0.29) is 12.5 Å². The van der Waals surface area contributed by atoms with Gasteiger partial charge in [0.2, 0.25) is 0 Å². The van der Waals surface area contributed by atoms with Gasteiger partial charge in [0.05, 0.1) is 16.7 Å². The molecular formula is C14H20ClNO2S. The van der Waals surface area contributed by atoms with Crippen LogP contribution in [0.2, 0.25) is 5.02 Å². The number of amides is 1. The van der Waals surface area contributed by atoms with Crippen molar-refractivity contribution in [3.8, 4) is 0 Å². The van der Waals surface area contributed by atoms with E-state index in [4.69, 9.17) is 11.6 Å². The molecule has 0 aliphatic rings. The molecule has 2 N–H and O–H groups in total. The van der Waals surface area contributed by atoms with E-state index in [0.29, 0.717) is 22.9 Å². The van der Waals surface area contributed by atoms with Crippen molar-refractivity contribution in [2.45, 2.75) is 31.3 Å². The van der Waals surface area contributed by atoms with Crippen molar-refractivity contribution in [3.05, 3.63) is 28.8 Å². The number of benzene rings is 1. The number of aliphatic hydroxyl groups is 1. The summed E-state index contributed by atoms with van der Waals surface area (Å²) >= 11 is 7.57. The SMILES string of the molecule is CSc1ccc(Cl)c(C(=O)NCC(O)CC(C)C)c1. The summed E-state index contributed by atoms with van der Waals surface area (Å²) in [5, 5.41) is 12.9. The number of nitrogens with one attached hydrogen (secondary N) is 1.